The normalized spacial score (nSPS) is 11.0. The fraction of sp³-hybridized carbons (Fsp3) is 0.733. The van der Waals surface area contributed by atoms with Crippen LogP contribution >= 0.6 is 0 Å². The summed E-state index contributed by atoms with van der Waals surface area (Å²) in [4.78, 5) is 11.6. The molecular weight excluding hydrogens is 236 g/mol. The van der Waals surface area contributed by atoms with E-state index in [-0.39, 0.29) is 0 Å². The van der Waals surface area contributed by atoms with E-state index in [9.17, 15) is 0 Å². The Kier molecular flexibility index (Phi) is 7.41. The number of hydrogen-bond acceptors (Lipinski definition) is 4. The van der Waals surface area contributed by atoms with Crippen LogP contribution in [0.5, 0.6) is 0 Å². The SMILES string of the molecule is CCCCN(CC)Cc1nc(C)cc(NCCC)n1. The predicted octanol–water partition coefficient (Wildman–Crippen LogP) is 3.23. The van der Waals surface area contributed by atoms with E-state index in [4.69, 9.17) is 0 Å². The molecule has 4 nitrogen and oxygen atoms in total. The molecule has 0 fully saturated rings. The third kappa shape index (κ3) is 6.01. The van der Waals surface area contributed by atoms with Crippen molar-refractivity contribution in [3.05, 3.63) is 17.6 Å². The molecule has 1 heterocycles. The minimum atomic E-state index is 0.846. The molecule has 4 heteroatoms. The molecule has 0 bridgehead atoms. The number of nitrogens with zero attached hydrogens (tertiary/aromatic N) is 3. The summed E-state index contributed by atoms with van der Waals surface area (Å²) >= 11 is 0. The van der Waals surface area contributed by atoms with Crippen molar-refractivity contribution in [2.75, 3.05) is 25.0 Å². The molecule has 0 aliphatic carbocycles. The van der Waals surface area contributed by atoms with Crippen LogP contribution < -0.4 is 5.32 Å². The Bertz CT molecular complexity index is 365. The number of hydrogen-bond donors (Lipinski definition) is 1. The van der Waals surface area contributed by atoms with Gasteiger partial charge in [-0.1, -0.05) is 27.2 Å². The summed E-state index contributed by atoms with van der Waals surface area (Å²) in [6, 6.07) is 2.02. The van der Waals surface area contributed by atoms with Gasteiger partial charge in [-0.25, -0.2) is 9.97 Å². The minimum Gasteiger partial charge on any atom is -0.370 e. The van der Waals surface area contributed by atoms with Gasteiger partial charge in [0.15, 0.2) is 0 Å². The van der Waals surface area contributed by atoms with Gasteiger partial charge in [0, 0.05) is 18.3 Å². The van der Waals surface area contributed by atoms with Crippen molar-refractivity contribution in [2.45, 2.75) is 53.5 Å². The fourth-order valence-corrected chi connectivity index (χ4v) is 1.98. The van der Waals surface area contributed by atoms with Crippen LogP contribution in [0.4, 0.5) is 5.82 Å². The summed E-state index contributed by atoms with van der Waals surface area (Å²) in [5, 5.41) is 3.34. The van der Waals surface area contributed by atoms with E-state index in [0.29, 0.717) is 0 Å². The maximum absolute atomic E-state index is 4.60. The number of unbranched alkanes of at least 4 members (excludes halogenated alkanes) is 1. The van der Waals surface area contributed by atoms with Gasteiger partial charge in [0.25, 0.3) is 0 Å². The van der Waals surface area contributed by atoms with Crippen LogP contribution in [0.3, 0.4) is 0 Å². The summed E-state index contributed by atoms with van der Waals surface area (Å²) in [6.45, 7) is 12.6. The molecule has 1 rings (SSSR count). The van der Waals surface area contributed by atoms with E-state index >= 15 is 0 Å². The van der Waals surface area contributed by atoms with Crippen LogP contribution in [0, 0.1) is 6.92 Å². The lowest BCUT2D eigenvalue weighted by molar-refractivity contribution is 0.268. The van der Waals surface area contributed by atoms with Crippen LogP contribution in [0.2, 0.25) is 0 Å². The molecule has 108 valence electrons. The first-order valence-electron chi connectivity index (χ1n) is 7.50. The molecule has 1 N–H and O–H groups in total. The van der Waals surface area contributed by atoms with Gasteiger partial charge < -0.3 is 5.32 Å². The van der Waals surface area contributed by atoms with E-state index in [1.54, 1.807) is 0 Å². The van der Waals surface area contributed by atoms with Gasteiger partial charge in [0.1, 0.15) is 11.6 Å². The molecular formula is C15H28N4. The van der Waals surface area contributed by atoms with Gasteiger partial charge in [-0.3, -0.25) is 4.90 Å². The van der Waals surface area contributed by atoms with E-state index in [1.165, 1.54) is 12.8 Å². The molecule has 0 atom stereocenters. The van der Waals surface area contributed by atoms with Gasteiger partial charge in [0.2, 0.25) is 0 Å². The lowest BCUT2D eigenvalue weighted by Crippen LogP contribution is -2.25. The van der Waals surface area contributed by atoms with Gasteiger partial charge >= 0.3 is 0 Å². The lowest BCUT2D eigenvalue weighted by atomic mass is 10.3. The Hall–Kier alpha value is -1.16. The Balaban J connectivity index is 2.67. The molecule has 0 saturated heterocycles. The van der Waals surface area contributed by atoms with Gasteiger partial charge in [-0.15, -0.1) is 0 Å². The van der Waals surface area contributed by atoms with Crippen LogP contribution in [-0.2, 0) is 6.54 Å². The maximum atomic E-state index is 4.60. The van der Waals surface area contributed by atoms with Gasteiger partial charge in [0.05, 0.1) is 6.54 Å². The Morgan fingerprint density at radius 1 is 1.16 bits per heavy atom. The molecule has 0 radical (unpaired) electrons. The van der Waals surface area contributed by atoms with Crippen molar-refractivity contribution in [1.29, 1.82) is 0 Å². The van der Waals surface area contributed by atoms with Crippen LogP contribution in [0.15, 0.2) is 6.07 Å². The molecule has 19 heavy (non-hydrogen) atoms. The van der Waals surface area contributed by atoms with Crippen LogP contribution in [0.25, 0.3) is 0 Å². The average molecular weight is 264 g/mol. The fourth-order valence-electron chi connectivity index (χ4n) is 1.98. The molecule has 1 aromatic heterocycles. The summed E-state index contributed by atoms with van der Waals surface area (Å²) in [7, 11) is 0. The first-order chi connectivity index (χ1) is 9.19. The van der Waals surface area contributed by atoms with Gasteiger partial charge in [-0.05, 0) is 32.9 Å². The second kappa shape index (κ2) is 8.86. The largest absolute Gasteiger partial charge is 0.370 e. The predicted molar refractivity (Wildman–Crippen MR) is 81.4 cm³/mol. The van der Waals surface area contributed by atoms with E-state index in [2.05, 4.69) is 41.0 Å². The molecule has 0 aliphatic rings. The van der Waals surface area contributed by atoms with Crippen molar-refractivity contribution in [2.24, 2.45) is 0 Å². The maximum Gasteiger partial charge on any atom is 0.144 e. The highest BCUT2D eigenvalue weighted by atomic mass is 15.1. The summed E-state index contributed by atoms with van der Waals surface area (Å²) in [5.74, 6) is 1.88. The molecule has 0 spiro atoms. The van der Waals surface area contributed by atoms with E-state index in [0.717, 1.165) is 49.9 Å². The Morgan fingerprint density at radius 3 is 2.58 bits per heavy atom. The number of nitrogens with one attached hydrogen (secondary N) is 1. The number of aromatic nitrogens is 2. The van der Waals surface area contributed by atoms with Crippen molar-refractivity contribution < 1.29 is 0 Å². The number of anilines is 1. The topological polar surface area (TPSA) is 41.1 Å². The minimum absolute atomic E-state index is 0.846. The van der Waals surface area contributed by atoms with Crippen molar-refractivity contribution in [1.82, 2.24) is 14.9 Å². The zero-order valence-electron chi connectivity index (χ0n) is 12.9. The monoisotopic (exact) mass is 264 g/mol. The van der Waals surface area contributed by atoms with Crippen molar-refractivity contribution >= 4 is 5.82 Å². The number of rotatable bonds is 9. The Labute approximate surface area is 117 Å². The summed E-state index contributed by atoms with van der Waals surface area (Å²) in [6.07, 6.45) is 3.57. The molecule has 0 aliphatic heterocycles. The second-order valence-electron chi connectivity index (χ2n) is 4.96. The summed E-state index contributed by atoms with van der Waals surface area (Å²) < 4.78 is 0. The molecule has 0 amide bonds. The third-order valence-corrected chi connectivity index (χ3v) is 3.10. The lowest BCUT2D eigenvalue weighted by Gasteiger charge is -2.19. The summed E-state index contributed by atoms with van der Waals surface area (Å²) in [5.41, 5.74) is 1.04. The highest BCUT2D eigenvalue weighted by Crippen LogP contribution is 2.09. The smallest absolute Gasteiger partial charge is 0.144 e. The first kappa shape index (κ1) is 15.9. The highest BCUT2D eigenvalue weighted by molar-refractivity contribution is 5.35. The van der Waals surface area contributed by atoms with Crippen LogP contribution in [-0.4, -0.2) is 34.5 Å². The standard InChI is InChI=1S/C15H28N4/c1-5-8-10-19(7-3)12-15-17-13(4)11-14(18-15)16-9-6-2/h11H,5-10,12H2,1-4H3,(H,16,17,18). The van der Waals surface area contributed by atoms with Crippen molar-refractivity contribution in [3.8, 4) is 0 Å². The third-order valence-electron chi connectivity index (χ3n) is 3.10. The first-order valence-corrected chi connectivity index (χ1v) is 7.50. The van der Waals surface area contributed by atoms with E-state index in [1.807, 2.05) is 13.0 Å². The molecule has 0 saturated carbocycles. The molecule has 0 unspecified atom stereocenters. The average Bonchev–Trinajstić information content (AvgIpc) is 2.40. The highest BCUT2D eigenvalue weighted by Gasteiger charge is 2.07. The van der Waals surface area contributed by atoms with Gasteiger partial charge in [-0.2, -0.15) is 0 Å². The Morgan fingerprint density at radius 2 is 1.95 bits per heavy atom. The van der Waals surface area contributed by atoms with Crippen LogP contribution in [0.1, 0.15) is 51.6 Å². The molecule has 1 aromatic rings. The number of aryl methyl sites for hydroxylation is 1. The molecule has 0 aromatic carbocycles. The zero-order valence-corrected chi connectivity index (χ0v) is 12.9. The van der Waals surface area contributed by atoms with E-state index < -0.39 is 0 Å². The second-order valence-corrected chi connectivity index (χ2v) is 4.96. The van der Waals surface area contributed by atoms with Crippen molar-refractivity contribution in [3.63, 3.8) is 0 Å². The quantitative estimate of drug-likeness (QED) is 0.743. The zero-order chi connectivity index (χ0) is 14.1.